The number of nitrogens with zero attached hydrogens (tertiary/aromatic N) is 4. The van der Waals surface area contributed by atoms with Crippen molar-refractivity contribution in [2.45, 2.75) is 25.0 Å². The number of methoxy groups -OCH3 is 1. The maximum absolute atomic E-state index is 11.8. The van der Waals surface area contributed by atoms with E-state index in [1.54, 1.807) is 12.4 Å². The Morgan fingerprint density at radius 3 is 2.63 bits per heavy atom. The molecule has 154 valence electrons. The zero-order valence-corrected chi connectivity index (χ0v) is 17.5. The Bertz CT molecular complexity index is 1010. The molecule has 0 saturated carbocycles. The number of aromatic nitrogens is 3. The van der Waals surface area contributed by atoms with Gasteiger partial charge in [0.15, 0.2) is 5.11 Å². The number of thiocarbonyl (C=S) groups is 1. The molecule has 8 heteroatoms. The highest BCUT2D eigenvalue weighted by atomic mass is 32.1. The molecule has 0 aliphatic carbocycles. The van der Waals surface area contributed by atoms with Crippen LogP contribution in [0.3, 0.4) is 0 Å². The molecule has 1 aliphatic heterocycles. The Kier molecular flexibility index (Phi) is 6.04. The molecule has 0 radical (unpaired) electrons. The van der Waals surface area contributed by atoms with Crippen LogP contribution >= 0.6 is 12.2 Å². The van der Waals surface area contributed by atoms with Crippen molar-refractivity contribution in [1.82, 2.24) is 24.8 Å². The van der Waals surface area contributed by atoms with Crippen LogP contribution in [-0.4, -0.2) is 44.2 Å². The van der Waals surface area contributed by atoms with Gasteiger partial charge in [-0.1, -0.05) is 12.1 Å². The van der Waals surface area contributed by atoms with Gasteiger partial charge in [0.25, 0.3) is 0 Å². The van der Waals surface area contributed by atoms with Crippen molar-refractivity contribution in [2.24, 2.45) is 0 Å². The maximum Gasteiger partial charge on any atom is 0.307 e. The Labute approximate surface area is 180 Å². The minimum Gasteiger partial charge on any atom is -0.469 e. The zero-order chi connectivity index (χ0) is 20.9. The zero-order valence-electron chi connectivity index (χ0n) is 16.6. The molecular weight excluding hydrogens is 398 g/mol. The van der Waals surface area contributed by atoms with Gasteiger partial charge in [0.1, 0.15) is 0 Å². The molecule has 0 spiro atoms. The molecule has 4 heterocycles. The van der Waals surface area contributed by atoms with Crippen LogP contribution in [0.2, 0.25) is 0 Å². The van der Waals surface area contributed by atoms with E-state index in [0.29, 0.717) is 18.2 Å². The van der Waals surface area contributed by atoms with Crippen molar-refractivity contribution in [3.8, 4) is 0 Å². The topological polar surface area (TPSA) is 72.3 Å². The predicted octanol–water partition coefficient (Wildman–Crippen LogP) is 2.86. The van der Waals surface area contributed by atoms with Crippen molar-refractivity contribution in [3.63, 3.8) is 0 Å². The summed E-state index contributed by atoms with van der Waals surface area (Å²) in [5, 5.41) is 4.01. The number of hydrogen-bond acceptors (Lipinski definition) is 5. The smallest absolute Gasteiger partial charge is 0.307 e. The molecule has 0 amide bonds. The largest absolute Gasteiger partial charge is 0.469 e. The number of ether oxygens (including phenoxy) is 1. The molecule has 1 fully saturated rings. The van der Waals surface area contributed by atoms with Crippen LogP contribution in [-0.2, 0) is 16.1 Å². The van der Waals surface area contributed by atoms with Crippen LogP contribution in [0, 0.1) is 0 Å². The van der Waals surface area contributed by atoms with Gasteiger partial charge in [-0.25, -0.2) is 0 Å². The molecule has 7 nitrogen and oxygen atoms in total. The summed E-state index contributed by atoms with van der Waals surface area (Å²) >= 11 is 5.64. The summed E-state index contributed by atoms with van der Waals surface area (Å²) in [6, 6.07) is 15.6. The first-order valence-electron chi connectivity index (χ1n) is 9.77. The number of hydrogen-bond donors (Lipinski definition) is 1. The van der Waals surface area contributed by atoms with Gasteiger partial charge < -0.3 is 19.5 Å². The van der Waals surface area contributed by atoms with Crippen LogP contribution < -0.4 is 5.32 Å². The van der Waals surface area contributed by atoms with Gasteiger partial charge in [0, 0.05) is 30.8 Å². The third-order valence-corrected chi connectivity index (χ3v) is 5.56. The van der Waals surface area contributed by atoms with Gasteiger partial charge in [0.05, 0.1) is 43.5 Å². The van der Waals surface area contributed by atoms with E-state index in [2.05, 4.69) is 30.8 Å². The molecule has 3 aromatic rings. The quantitative estimate of drug-likeness (QED) is 0.465. The number of carbonyl (C=O) groups excluding carboxylic acids is 1. The molecule has 1 saturated heterocycles. The molecule has 1 aliphatic rings. The van der Waals surface area contributed by atoms with Crippen molar-refractivity contribution in [2.75, 3.05) is 13.7 Å². The van der Waals surface area contributed by atoms with Gasteiger partial charge >= 0.3 is 5.97 Å². The second kappa shape index (κ2) is 9.04. The second-order valence-corrected chi connectivity index (χ2v) is 7.41. The summed E-state index contributed by atoms with van der Waals surface area (Å²) < 4.78 is 7.00. The molecule has 30 heavy (non-hydrogen) atoms. The van der Waals surface area contributed by atoms with E-state index >= 15 is 0 Å². The number of pyridine rings is 2. The fraction of sp³-hybridized carbons (Fsp3) is 0.273. The van der Waals surface area contributed by atoms with E-state index in [1.807, 2.05) is 48.7 Å². The average Bonchev–Trinajstić information content (AvgIpc) is 3.36. The molecule has 1 N–H and O–H groups in total. The molecular formula is C22H23N5O2S. The lowest BCUT2D eigenvalue weighted by Gasteiger charge is -2.28. The molecule has 4 rings (SSSR count). The summed E-state index contributed by atoms with van der Waals surface area (Å²) in [6.07, 6.45) is 5.87. The van der Waals surface area contributed by atoms with Crippen LogP contribution in [0.1, 0.15) is 35.6 Å². The first-order valence-corrected chi connectivity index (χ1v) is 10.2. The third kappa shape index (κ3) is 4.18. The van der Waals surface area contributed by atoms with Gasteiger partial charge in [-0.2, -0.15) is 0 Å². The fourth-order valence-electron chi connectivity index (χ4n) is 3.79. The highest BCUT2D eigenvalue weighted by molar-refractivity contribution is 7.80. The number of nitrogens with one attached hydrogen (secondary N) is 1. The van der Waals surface area contributed by atoms with Gasteiger partial charge in [-0.3, -0.25) is 14.8 Å². The van der Waals surface area contributed by atoms with Crippen LogP contribution in [0.5, 0.6) is 0 Å². The highest BCUT2D eigenvalue weighted by Crippen LogP contribution is 2.38. The normalized spacial score (nSPS) is 18.3. The predicted molar refractivity (Wildman–Crippen MR) is 117 cm³/mol. The third-order valence-electron chi connectivity index (χ3n) is 5.21. The number of esters is 1. The highest BCUT2D eigenvalue weighted by Gasteiger charge is 2.41. The molecule has 0 unspecified atom stereocenters. The molecule has 0 bridgehead atoms. The van der Waals surface area contributed by atoms with E-state index in [-0.39, 0.29) is 24.5 Å². The standard InChI is InChI=1S/C22H23N5O2S/c1-29-19(28)10-14-27-21(20(25-22(27)30)17-8-3-5-12-24-17)18-9-6-13-26(18)15-16-7-2-4-11-23-16/h2-9,11-13,20-21H,10,14-15H2,1H3,(H,25,30)/t20-,21-/m1/s1. The van der Waals surface area contributed by atoms with E-state index in [9.17, 15) is 4.79 Å². The van der Waals surface area contributed by atoms with Gasteiger partial charge in [-0.05, 0) is 48.6 Å². The summed E-state index contributed by atoms with van der Waals surface area (Å²) in [7, 11) is 1.40. The van der Waals surface area contributed by atoms with E-state index in [0.717, 1.165) is 17.1 Å². The lowest BCUT2D eigenvalue weighted by molar-refractivity contribution is -0.140. The molecule has 3 aromatic heterocycles. The van der Waals surface area contributed by atoms with Crippen molar-refractivity contribution >= 4 is 23.3 Å². The molecule has 0 aromatic carbocycles. The lowest BCUT2D eigenvalue weighted by atomic mass is 10.0. The second-order valence-electron chi connectivity index (χ2n) is 7.03. The van der Waals surface area contributed by atoms with Crippen molar-refractivity contribution < 1.29 is 9.53 Å². The summed E-state index contributed by atoms with van der Waals surface area (Å²) in [4.78, 5) is 22.8. The number of rotatable bonds is 7. The van der Waals surface area contributed by atoms with Crippen LogP contribution in [0.15, 0.2) is 67.1 Å². The maximum atomic E-state index is 11.8. The minimum absolute atomic E-state index is 0.115. The van der Waals surface area contributed by atoms with Crippen molar-refractivity contribution in [1.29, 1.82) is 0 Å². The first kappa shape index (κ1) is 20.0. The Morgan fingerprint density at radius 1 is 1.13 bits per heavy atom. The Morgan fingerprint density at radius 2 is 1.93 bits per heavy atom. The van der Waals surface area contributed by atoms with E-state index in [4.69, 9.17) is 17.0 Å². The minimum atomic E-state index is -0.262. The average molecular weight is 422 g/mol. The summed E-state index contributed by atoms with van der Waals surface area (Å²) in [5.41, 5.74) is 2.95. The van der Waals surface area contributed by atoms with Gasteiger partial charge in [-0.15, -0.1) is 0 Å². The monoisotopic (exact) mass is 421 g/mol. The van der Waals surface area contributed by atoms with Gasteiger partial charge in [0.2, 0.25) is 0 Å². The first-order chi connectivity index (χ1) is 14.7. The van der Waals surface area contributed by atoms with Crippen LogP contribution in [0.25, 0.3) is 0 Å². The fourth-order valence-corrected chi connectivity index (χ4v) is 4.12. The summed E-state index contributed by atoms with van der Waals surface area (Å²) in [6.45, 7) is 1.10. The van der Waals surface area contributed by atoms with E-state index < -0.39 is 0 Å². The molecule has 2 atom stereocenters. The Hall–Kier alpha value is -3.26. The SMILES string of the molecule is COC(=O)CCN1C(=S)N[C@H](c2ccccn2)[C@H]1c1cccn1Cc1ccccn1. The van der Waals surface area contributed by atoms with Crippen molar-refractivity contribution in [3.05, 3.63) is 84.2 Å². The Balaban J connectivity index is 1.69. The van der Waals surface area contributed by atoms with E-state index in [1.165, 1.54) is 7.11 Å². The lowest BCUT2D eigenvalue weighted by Crippen LogP contribution is -2.32. The number of carbonyl (C=O) groups is 1. The summed E-state index contributed by atoms with van der Waals surface area (Å²) in [5.74, 6) is -0.262. The van der Waals surface area contributed by atoms with Crippen LogP contribution in [0.4, 0.5) is 0 Å².